The van der Waals surface area contributed by atoms with E-state index in [1.807, 2.05) is 37.3 Å². The monoisotopic (exact) mass is 388 g/mol. The van der Waals surface area contributed by atoms with E-state index in [4.69, 9.17) is 0 Å². The largest absolute Gasteiger partial charge is 0.506 e. The summed E-state index contributed by atoms with van der Waals surface area (Å²) in [5.41, 5.74) is 2.03. The first-order valence-corrected chi connectivity index (χ1v) is 8.40. The number of aryl methyl sites for hydroxylation is 1. The number of carbonyl (C=O) groups excluding carboxylic acids is 2. The fraction of sp³-hybridized carbons (Fsp3) is 0.222. The maximum atomic E-state index is 12.4. The van der Waals surface area contributed by atoms with Crippen LogP contribution in [-0.2, 0) is 9.59 Å². The Kier molecular flexibility index (Phi) is 4.57. The third kappa shape index (κ3) is 3.43. The van der Waals surface area contributed by atoms with Crippen molar-refractivity contribution in [3.8, 4) is 5.75 Å². The Balaban J connectivity index is 1.72. The van der Waals surface area contributed by atoms with Crippen LogP contribution in [0.2, 0.25) is 0 Å². The van der Waals surface area contributed by atoms with Crippen molar-refractivity contribution < 1.29 is 14.7 Å². The van der Waals surface area contributed by atoms with Gasteiger partial charge < -0.3 is 15.3 Å². The minimum atomic E-state index is -0.447. The molecule has 1 aliphatic heterocycles. The van der Waals surface area contributed by atoms with Gasteiger partial charge in [-0.15, -0.1) is 0 Å². The van der Waals surface area contributed by atoms with Gasteiger partial charge in [0.1, 0.15) is 5.75 Å². The van der Waals surface area contributed by atoms with Gasteiger partial charge in [-0.05, 0) is 42.8 Å². The highest BCUT2D eigenvalue weighted by molar-refractivity contribution is 9.10. The molecule has 0 saturated carbocycles. The molecule has 124 valence electrons. The first kappa shape index (κ1) is 16.5. The molecule has 0 bridgehead atoms. The van der Waals surface area contributed by atoms with Crippen molar-refractivity contribution in [1.82, 2.24) is 0 Å². The average Bonchev–Trinajstić information content (AvgIpc) is 2.92. The first-order chi connectivity index (χ1) is 11.4. The van der Waals surface area contributed by atoms with Crippen LogP contribution in [0.5, 0.6) is 5.75 Å². The van der Waals surface area contributed by atoms with E-state index in [9.17, 15) is 14.7 Å². The number of amides is 2. The number of phenols is 1. The molecule has 0 radical (unpaired) electrons. The van der Waals surface area contributed by atoms with Crippen LogP contribution in [0.4, 0.5) is 11.4 Å². The topological polar surface area (TPSA) is 69.6 Å². The molecule has 5 nitrogen and oxygen atoms in total. The normalized spacial score (nSPS) is 17.2. The molecule has 3 rings (SSSR count). The summed E-state index contributed by atoms with van der Waals surface area (Å²) in [4.78, 5) is 26.3. The predicted molar refractivity (Wildman–Crippen MR) is 96.1 cm³/mol. The lowest BCUT2D eigenvalue weighted by molar-refractivity contribution is -0.122. The van der Waals surface area contributed by atoms with Crippen LogP contribution in [-0.4, -0.2) is 23.5 Å². The lowest BCUT2D eigenvalue weighted by Gasteiger charge is -2.17. The maximum Gasteiger partial charge on any atom is 0.229 e. The Morgan fingerprint density at radius 2 is 2.08 bits per heavy atom. The van der Waals surface area contributed by atoms with E-state index in [1.54, 1.807) is 17.0 Å². The molecular weight excluding hydrogens is 372 g/mol. The molecule has 2 N–H and O–H groups in total. The molecule has 6 heteroatoms. The minimum absolute atomic E-state index is 0.0246. The highest BCUT2D eigenvalue weighted by atomic mass is 79.9. The van der Waals surface area contributed by atoms with Crippen molar-refractivity contribution in [2.75, 3.05) is 16.8 Å². The minimum Gasteiger partial charge on any atom is -0.506 e. The number of hydrogen-bond donors (Lipinski definition) is 2. The molecule has 2 amide bonds. The third-order valence-electron chi connectivity index (χ3n) is 4.03. The highest BCUT2D eigenvalue weighted by Gasteiger charge is 2.35. The molecule has 1 fully saturated rings. The van der Waals surface area contributed by atoms with Crippen LogP contribution in [0.3, 0.4) is 0 Å². The number of halogens is 1. The van der Waals surface area contributed by atoms with Crippen molar-refractivity contribution in [2.24, 2.45) is 5.92 Å². The maximum absolute atomic E-state index is 12.4. The Labute approximate surface area is 148 Å². The average molecular weight is 389 g/mol. The number of hydrogen-bond acceptors (Lipinski definition) is 3. The van der Waals surface area contributed by atoms with E-state index in [-0.39, 0.29) is 24.0 Å². The summed E-state index contributed by atoms with van der Waals surface area (Å²) in [5.74, 6) is -0.768. The molecule has 0 spiro atoms. The highest BCUT2D eigenvalue weighted by Crippen LogP contribution is 2.29. The van der Waals surface area contributed by atoms with Gasteiger partial charge in [0, 0.05) is 23.1 Å². The second-order valence-electron chi connectivity index (χ2n) is 5.90. The molecule has 0 aromatic heterocycles. The van der Waals surface area contributed by atoms with Crippen molar-refractivity contribution in [1.29, 1.82) is 0 Å². The molecule has 1 atom stereocenters. The third-order valence-corrected chi connectivity index (χ3v) is 4.52. The van der Waals surface area contributed by atoms with Crippen molar-refractivity contribution >= 4 is 39.1 Å². The SMILES string of the molecule is Cc1ccc(NC(=O)C2CC(=O)N(c3cccc(Br)c3)C2)c(O)c1. The first-order valence-electron chi connectivity index (χ1n) is 7.60. The van der Waals surface area contributed by atoms with E-state index < -0.39 is 5.92 Å². The molecule has 1 aliphatic rings. The van der Waals surface area contributed by atoms with Crippen molar-refractivity contribution in [3.05, 3.63) is 52.5 Å². The van der Waals surface area contributed by atoms with Crippen molar-refractivity contribution in [2.45, 2.75) is 13.3 Å². The summed E-state index contributed by atoms with van der Waals surface area (Å²) in [6.45, 7) is 2.19. The van der Waals surface area contributed by atoms with Crippen LogP contribution in [0, 0.1) is 12.8 Å². The van der Waals surface area contributed by atoms with Crippen LogP contribution < -0.4 is 10.2 Å². The fourth-order valence-electron chi connectivity index (χ4n) is 2.76. The molecule has 1 heterocycles. The van der Waals surface area contributed by atoms with Gasteiger partial charge in [0.15, 0.2) is 0 Å². The Morgan fingerprint density at radius 3 is 2.79 bits per heavy atom. The van der Waals surface area contributed by atoms with Crippen LogP contribution in [0.25, 0.3) is 0 Å². The number of nitrogens with zero attached hydrogens (tertiary/aromatic N) is 1. The lowest BCUT2D eigenvalue weighted by Crippen LogP contribution is -2.28. The molecule has 2 aromatic carbocycles. The number of carbonyl (C=O) groups is 2. The van der Waals surface area contributed by atoms with Gasteiger partial charge in [0.25, 0.3) is 0 Å². The van der Waals surface area contributed by atoms with Gasteiger partial charge in [-0.3, -0.25) is 9.59 Å². The fourth-order valence-corrected chi connectivity index (χ4v) is 3.15. The zero-order chi connectivity index (χ0) is 17.3. The summed E-state index contributed by atoms with van der Waals surface area (Å²) in [5, 5.41) is 12.6. The molecule has 24 heavy (non-hydrogen) atoms. The Bertz CT molecular complexity index is 807. The number of phenolic OH excluding ortho intramolecular Hbond substituents is 1. The summed E-state index contributed by atoms with van der Waals surface area (Å²) in [6, 6.07) is 12.5. The second kappa shape index (κ2) is 6.65. The van der Waals surface area contributed by atoms with E-state index in [0.717, 1.165) is 15.7 Å². The molecule has 1 saturated heterocycles. The molecule has 2 aromatic rings. The molecule has 1 unspecified atom stereocenters. The number of nitrogens with one attached hydrogen (secondary N) is 1. The van der Waals surface area contributed by atoms with E-state index in [2.05, 4.69) is 21.2 Å². The number of rotatable bonds is 3. The Morgan fingerprint density at radius 1 is 1.29 bits per heavy atom. The van der Waals surface area contributed by atoms with Crippen LogP contribution in [0.1, 0.15) is 12.0 Å². The molecular formula is C18H17BrN2O3. The quantitative estimate of drug-likeness (QED) is 0.791. The van der Waals surface area contributed by atoms with Crippen LogP contribution >= 0.6 is 15.9 Å². The second-order valence-corrected chi connectivity index (χ2v) is 6.81. The van der Waals surface area contributed by atoms with Gasteiger partial charge in [0.2, 0.25) is 11.8 Å². The van der Waals surface area contributed by atoms with E-state index in [1.165, 1.54) is 0 Å². The Hall–Kier alpha value is -2.34. The summed E-state index contributed by atoms with van der Waals surface area (Å²) >= 11 is 3.39. The summed E-state index contributed by atoms with van der Waals surface area (Å²) in [7, 11) is 0. The van der Waals surface area contributed by atoms with E-state index in [0.29, 0.717) is 12.2 Å². The number of anilines is 2. The smallest absolute Gasteiger partial charge is 0.229 e. The van der Waals surface area contributed by atoms with E-state index >= 15 is 0 Å². The zero-order valence-corrected chi connectivity index (χ0v) is 14.7. The van der Waals surface area contributed by atoms with Gasteiger partial charge >= 0.3 is 0 Å². The summed E-state index contributed by atoms with van der Waals surface area (Å²) < 4.78 is 0.880. The molecule has 0 aliphatic carbocycles. The van der Waals surface area contributed by atoms with Crippen molar-refractivity contribution in [3.63, 3.8) is 0 Å². The van der Waals surface area contributed by atoms with Gasteiger partial charge in [-0.1, -0.05) is 28.1 Å². The standard InChI is InChI=1S/C18H17BrN2O3/c1-11-5-6-15(16(22)7-11)20-18(24)12-8-17(23)21(10-12)14-4-2-3-13(19)9-14/h2-7,9,12,22H,8,10H2,1H3,(H,20,24). The number of aromatic hydroxyl groups is 1. The predicted octanol–water partition coefficient (Wildman–Crippen LogP) is 3.45. The van der Waals surface area contributed by atoms with Gasteiger partial charge in [-0.2, -0.15) is 0 Å². The number of benzene rings is 2. The van der Waals surface area contributed by atoms with Gasteiger partial charge in [-0.25, -0.2) is 0 Å². The van der Waals surface area contributed by atoms with Gasteiger partial charge in [0.05, 0.1) is 11.6 Å². The summed E-state index contributed by atoms with van der Waals surface area (Å²) in [6.07, 6.45) is 0.158. The van der Waals surface area contributed by atoms with Crippen LogP contribution in [0.15, 0.2) is 46.9 Å². The lowest BCUT2D eigenvalue weighted by atomic mass is 10.1. The zero-order valence-electron chi connectivity index (χ0n) is 13.1.